The Morgan fingerprint density at radius 2 is 1.81 bits per heavy atom. The van der Waals surface area contributed by atoms with Gasteiger partial charge in [0.1, 0.15) is 0 Å². The van der Waals surface area contributed by atoms with Crippen molar-refractivity contribution in [1.29, 1.82) is 0 Å². The fraction of sp³-hybridized carbons (Fsp3) is 0.409. The fourth-order valence-electron chi connectivity index (χ4n) is 3.27. The first kappa shape index (κ1) is 20.1. The predicted molar refractivity (Wildman–Crippen MR) is 110 cm³/mol. The first-order valence-corrected chi connectivity index (χ1v) is 10.1. The van der Waals surface area contributed by atoms with E-state index >= 15 is 0 Å². The molecule has 1 aliphatic carbocycles. The third kappa shape index (κ3) is 5.89. The van der Waals surface area contributed by atoms with Crippen LogP contribution in [-0.2, 0) is 20.8 Å². The second-order valence-corrected chi connectivity index (χ2v) is 7.77. The lowest BCUT2D eigenvalue weighted by Crippen LogP contribution is -2.35. The molecule has 1 amide bonds. The smallest absolute Gasteiger partial charge is 0.226 e. The minimum atomic E-state index is 0.0777. The minimum absolute atomic E-state index is 0.0777. The topological polar surface area (TPSA) is 38.8 Å². The van der Waals surface area contributed by atoms with Crippen LogP contribution in [0.3, 0.4) is 0 Å². The van der Waals surface area contributed by atoms with Crippen molar-refractivity contribution in [2.75, 3.05) is 33.5 Å². The molecule has 0 aromatic heterocycles. The van der Waals surface area contributed by atoms with Gasteiger partial charge in [0.15, 0.2) is 0 Å². The van der Waals surface area contributed by atoms with Gasteiger partial charge in [0.2, 0.25) is 5.91 Å². The summed E-state index contributed by atoms with van der Waals surface area (Å²) < 4.78 is 11.7. The molecule has 1 aliphatic rings. The lowest BCUT2D eigenvalue weighted by atomic mass is 10.1. The van der Waals surface area contributed by atoms with Crippen LogP contribution in [0, 0.1) is 5.92 Å². The summed E-state index contributed by atoms with van der Waals surface area (Å²) in [6.07, 6.45) is 0.927. The van der Waals surface area contributed by atoms with Crippen LogP contribution >= 0.6 is 15.9 Å². The summed E-state index contributed by atoms with van der Waals surface area (Å²) in [7, 11) is 1.66. The molecule has 27 heavy (non-hydrogen) atoms. The second-order valence-electron chi connectivity index (χ2n) is 6.85. The van der Waals surface area contributed by atoms with Gasteiger partial charge in [0, 0.05) is 30.6 Å². The quantitative estimate of drug-likeness (QED) is 0.527. The first-order chi connectivity index (χ1) is 13.2. The molecule has 1 saturated carbocycles. The first-order valence-electron chi connectivity index (χ1n) is 9.34. The molecule has 0 bridgehead atoms. The van der Waals surface area contributed by atoms with E-state index in [1.54, 1.807) is 7.11 Å². The summed E-state index contributed by atoms with van der Waals surface area (Å²) in [5.74, 6) is 0.634. The van der Waals surface area contributed by atoms with E-state index in [-0.39, 0.29) is 11.8 Å². The standard InChI is InChI=1S/C22H26BrNO3/c1-26-13-14-27-12-11-24(16-17-5-3-2-4-6-17)22(25)21-15-20(21)18-7-9-19(23)10-8-18/h2-10,20-21H,11-16H2,1H3/t20-,21+/m0/s1. The van der Waals surface area contributed by atoms with Crippen LogP contribution in [-0.4, -0.2) is 44.3 Å². The van der Waals surface area contributed by atoms with Crippen molar-refractivity contribution in [2.24, 2.45) is 5.92 Å². The van der Waals surface area contributed by atoms with Gasteiger partial charge in [-0.2, -0.15) is 0 Å². The molecule has 2 atom stereocenters. The molecule has 0 aliphatic heterocycles. The SMILES string of the molecule is COCCOCCN(Cc1ccccc1)C(=O)[C@@H]1C[C@H]1c1ccc(Br)cc1. The molecule has 1 fully saturated rings. The Hall–Kier alpha value is -1.69. The molecular formula is C22H26BrNO3. The summed E-state index contributed by atoms with van der Waals surface area (Å²) in [5, 5.41) is 0. The molecule has 0 heterocycles. The van der Waals surface area contributed by atoms with Gasteiger partial charge in [-0.25, -0.2) is 0 Å². The number of hydrogen-bond donors (Lipinski definition) is 0. The number of ether oxygens (including phenoxy) is 2. The zero-order valence-electron chi connectivity index (χ0n) is 15.6. The molecule has 0 N–H and O–H groups in total. The molecule has 144 valence electrons. The van der Waals surface area contributed by atoms with E-state index in [2.05, 4.69) is 40.2 Å². The van der Waals surface area contributed by atoms with E-state index in [1.807, 2.05) is 35.2 Å². The number of hydrogen-bond acceptors (Lipinski definition) is 3. The largest absolute Gasteiger partial charge is 0.382 e. The molecular weight excluding hydrogens is 406 g/mol. The monoisotopic (exact) mass is 431 g/mol. The number of halogens is 1. The maximum absolute atomic E-state index is 13.1. The van der Waals surface area contributed by atoms with Gasteiger partial charge in [-0.15, -0.1) is 0 Å². The van der Waals surface area contributed by atoms with Crippen LogP contribution in [0.1, 0.15) is 23.5 Å². The van der Waals surface area contributed by atoms with E-state index in [1.165, 1.54) is 5.56 Å². The number of methoxy groups -OCH3 is 1. The van der Waals surface area contributed by atoms with Crippen LogP contribution < -0.4 is 0 Å². The number of nitrogens with zero attached hydrogens (tertiary/aromatic N) is 1. The Kier molecular flexibility index (Phi) is 7.44. The zero-order chi connectivity index (χ0) is 19.1. The van der Waals surface area contributed by atoms with Crippen molar-refractivity contribution in [3.8, 4) is 0 Å². The Balaban J connectivity index is 1.60. The molecule has 2 aromatic rings. The summed E-state index contributed by atoms with van der Waals surface area (Å²) in [6.45, 7) is 2.87. The minimum Gasteiger partial charge on any atom is -0.382 e. The second kappa shape index (κ2) is 10.0. The molecule has 0 spiro atoms. The molecule has 2 aromatic carbocycles. The zero-order valence-corrected chi connectivity index (χ0v) is 17.2. The number of benzene rings is 2. The van der Waals surface area contributed by atoms with Crippen LogP contribution in [0.15, 0.2) is 59.1 Å². The van der Waals surface area contributed by atoms with Gasteiger partial charge in [-0.05, 0) is 35.6 Å². The van der Waals surface area contributed by atoms with E-state index in [9.17, 15) is 4.79 Å². The maximum Gasteiger partial charge on any atom is 0.226 e. The van der Waals surface area contributed by atoms with Gasteiger partial charge >= 0.3 is 0 Å². The van der Waals surface area contributed by atoms with E-state index in [0.29, 0.717) is 38.8 Å². The van der Waals surface area contributed by atoms with Crippen molar-refractivity contribution in [3.63, 3.8) is 0 Å². The molecule has 0 saturated heterocycles. The van der Waals surface area contributed by atoms with Crippen LogP contribution in [0.25, 0.3) is 0 Å². The Morgan fingerprint density at radius 1 is 1.07 bits per heavy atom. The Morgan fingerprint density at radius 3 is 2.52 bits per heavy atom. The highest BCUT2D eigenvalue weighted by atomic mass is 79.9. The van der Waals surface area contributed by atoms with Crippen molar-refractivity contribution < 1.29 is 14.3 Å². The average Bonchev–Trinajstić information content (AvgIpc) is 3.48. The molecule has 4 nitrogen and oxygen atoms in total. The Bertz CT molecular complexity index is 720. The highest BCUT2D eigenvalue weighted by Gasteiger charge is 2.45. The van der Waals surface area contributed by atoms with Gasteiger partial charge in [0.25, 0.3) is 0 Å². The van der Waals surface area contributed by atoms with Crippen molar-refractivity contribution in [2.45, 2.75) is 18.9 Å². The highest BCUT2D eigenvalue weighted by molar-refractivity contribution is 9.10. The normalized spacial score (nSPS) is 18.3. The van der Waals surface area contributed by atoms with Crippen LogP contribution in [0.4, 0.5) is 0 Å². The van der Waals surface area contributed by atoms with Gasteiger partial charge in [-0.3, -0.25) is 4.79 Å². The lowest BCUT2D eigenvalue weighted by Gasteiger charge is -2.23. The molecule has 0 unspecified atom stereocenters. The summed E-state index contributed by atoms with van der Waals surface area (Å²) in [5.41, 5.74) is 2.39. The number of carbonyl (C=O) groups excluding carboxylic acids is 1. The average molecular weight is 432 g/mol. The number of amides is 1. The number of rotatable bonds is 10. The molecule has 0 radical (unpaired) electrons. The van der Waals surface area contributed by atoms with Crippen molar-refractivity contribution >= 4 is 21.8 Å². The highest BCUT2D eigenvalue weighted by Crippen LogP contribution is 2.48. The third-order valence-corrected chi connectivity index (χ3v) is 5.40. The van der Waals surface area contributed by atoms with Crippen LogP contribution in [0.5, 0.6) is 0 Å². The maximum atomic E-state index is 13.1. The fourth-order valence-corrected chi connectivity index (χ4v) is 3.54. The third-order valence-electron chi connectivity index (χ3n) is 4.87. The summed E-state index contributed by atoms with van der Waals surface area (Å²) in [4.78, 5) is 15.1. The number of carbonyl (C=O) groups is 1. The lowest BCUT2D eigenvalue weighted by molar-refractivity contribution is -0.134. The molecule has 5 heteroatoms. The summed E-state index contributed by atoms with van der Waals surface area (Å²) >= 11 is 3.47. The van der Waals surface area contributed by atoms with Crippen LogP contribution in [0.2, 0.25) is 0 Å². The van der Waals surface area contributed by atoms with Gasteiger partial charge in [-0.1, -0.05) is 58.4 Å². The Labute approximate surface area is 169 Å². The molecule has 3 rings (SSSR count). The predicted octanol–water partition coefficient (Wildman–Crippen LogP) is 4.24. The van der Waals surface area contributed by atoms with Gasteiger partial charge < -0.3 is 14.4 Å². The van der Waals surface area contributed by atoms with E-state index in [4.69, 9.17) is 9.47 Å². The van der Waals surface area contributed by atoms with Crippen molar-refractivity contribution in [1.82, 2.24) is 4.90 Å². The van der Waals surface area contributed by atoms with E-state index < -0.39 is 0 Å². The van der Waals surface area contributed by atoms with E-state index in [0.717, 1.165) is 16.5 Å². The van der Waals surface area contributed by atoms with Gasteiger partial charge in [0.05, 0.1) is 19.8 Å². The summed E-state index contributed by atoms with van der Waals surface area (Å²) in [6, 6.07) is 18.4. The van der Waals surface area contributed by atoms with Crippen molar-refractivity contribution in [3.05, 3.63) is 70.2 Å².